The van der Waals surface area contributed by atoms with E-state index in [0.717, 1.165) is 5.56 Å². The van der Waals surface area contributed by atoms with E-state index in [4.69, 9.17) is 40.4 Å². The van der Waals surface area contributed by atoms with Crippen molar-refractivity contribution in [2.45, 2.75) is 36.2 Å². The molecule has 2 aromatic carbocycles. The van der Waals surface area contributed by atoms with Crippen molar-refractivity contribution in [2.75, 3.05) is 6.54 Å². The van der Waals surface area contributed by atoms with Crippen molar-refractivity contribution in [2.24, 2.45) is 22.2 Å². The third kappa shape index (κ3) is 8.49. The normalized spacial score (nSPS) is 13.0. The van der Waals surface area contributed by atoms with Crippen LogP contribution in [0.25, 0.3) is 0 Å². The number of hydrogen-bond donors (Lipinski definition) is 5. The van der Waals surface area contributed by atoms with Gasteiger partial charge in [-0.15, -0.1) is 0 Å². The lowest BCUT2D eigenvalue weighted by atomic mass is 10.0. The van der Waals surface area contributed by atoms with Crippen molar-refractivity contribution in [3.05, 3.63) is 64.1 Å². The number of nitrogens with one attached hydrogen (secondary N) is 2. The average molecular weight is 529 g/mol. The van der Waals surface area contributed by atoms with Gasteiger partial charge in [-0.25, -0.2) is 8.42 Å². The first-order chi connectivity index (χ1) is 16.0. The molecule has 184 valence electrons. The molecule has 2 aromatic rings. The van der Waals surface area contributed by atoms with Crippen LogP contribution in [-0.2, 0) is 26.0 Å². The molecule has 0 heterocycles. The Hall–Kier alpha value is -2.86. The predicted molar refractivity (Wildman–Crippen MR) is 132 cm³/mol. The molecule has 13 heteroatoms. The zero-order valence-corrected chi connectivity index (χ0v) is 20.4. The van der Waals surface area contributed by atoms with Gasteiger partial charge < -0.3 is 22.5 Å². The summed E-state index contributed by atoms with van der Waals surface area (Å²) in [6.07, 6.45) is 0.425. The first-order valence-corrected chi connectivity index (χ1v) is 12.4. The van der Waals surface area contributed by atoms with Gasteiger partial charge in [-0.05, 0) is 36.6 Å². The second-order valence-electron chi connectivity index (χ2n) is 7.35. The fraction of sp³-hybridized carbons (Fsp3) is 0.286. The van der Waals surface area contributed by atoms with E-state index in [9.17, 15) is 18.0 Å². The number of carbonyl (C=O) groups is 2. The van der Waals surface area contributed by atoms with Gasteiger partial charge in [0, 0.05) is 18.0 Å². The Balaban J connectivity index is 2.25. The lowest BCUT2D eigenvalue weighted by Crippen LogP contribution is -2.53. The third-order valence-corrected chi connectivity index (χ3v) is 6.87. The summed E-state index contributed by atoms with van der Waals surface area (Å²) in [5.74, 6) is -1.65. The van der Waals surface area contributed by atoms with Gasteiger partial charge in [-0.3, -0.25) is 14.6 Å². The molecule has 0 saturated carbocycles. The van der Waals surface area contributed by atoms with Crippen LogP contribution < -0.4 is 27.2 Å². The predicted octanol–water partition coefficient (Wildman–Crippen LogP) is 0.907. The number of nitrogens with two attached hydrogens (primary N) is 3. The van der Waals surface area contributed by atoms with E-state index < -0.39 is 33.9 Å². The smallest absolute Gasteiger partial charge is 0.242 e. The quantitative estimate of drug-likeness (QED) is 0.155. The van der Waals surface area contributed by atoms with Crippen LogP contribution in [0.4, 0.5) is 0 Å². The minimum atomic E-state index is -4.25. The van der Waals surface area contributed by atoms with E-state index in [1.54, 1.807) is 24.3 Å². The molecule has 0 spiro atoms. The lowest BCUT2D eigenvalue weighted by Gasteiger charge is -2.22. The van der Waals surface area contributed by atoms with Crippen LogP contribution in [0, 0.1) is 0 Å². The Morgan fingerprint density at radius 1 is 1.00 bits per heavy atom. The molecular formula is C21H26Cl2N6O4S. The van der Waals surface area contributed by atoms with Crippen LogP contribution in [0.1, 0.15) is 18.4 Å². The number of sulfonamides is 1. The number of primary amides is 1. The number of halogens is 2. The van der Waals surface area contributed by atoms with E-state index in [-0.39, 0.29) is 46.7 Å². The number of benzene rings is 2. The standard InChI is InChI=1S/C21H26Cl2N6O4S/c22-14-8-9-15(23)18(12-14)34(32,33)29-16(7-4-10-27-21(25)26)20(31)28-17(19(24)30)11-13-5-2-1-3-6-13/h1-3,5-6,8-9,12,16-17,29H,4,7,10-11H2,(H2,24,30)(H,28,31)(H4,25,26,27)/t16-,17-/m0/s1. The van der Waals surface area contributed by atoms with Crippen LogP contribution in [0.15, 0.2) is 58.4 Å². The van der Waals surface area contributed by atoms with E-state index in [2.05, 4.69) is 15.0 Å². The van der Waals surface area contributed by atoms with Crippen molar-refractivity contribution in [3.63, 3.8) is 0 Å². The maximum atomic E-state index is 13.0. The molecule has 2 atom stereocenters. The van der Waals surface area contributed by atoms with E-state index >= 15 is 0 Å². The van der Waals surface area contributed by atoms with Gasteiger partial charge in [-0.2, -0.15) is 4.72 Å². The summed E-state index contributed by atoms with van der Waals surface area (Å²) in [5, 5.41) is 2.60. The molecule has 0 saturated heterocycles. The summed E-state index contributed by atoms with van der Waals surface area (Å²) < 4.78 is 28.3. The minimum absolute atomic E-state index is 0.0246. The Morgan fingerprint density at radius 2 is 1.68 bits per heavy atom. The molecule has 0 aromatic heterocycles. The van der Waals surface area contributed by atoms with Crippen LogP contribution in [0.3, 0.4) is 0 Å². The topological polar surface area (TPSA) is 183 Å². The second-order valence-corrected chi connectivity index (χ2v) is 9.88. The maximum Gasteiger partial charge on any atom is 0.242 e. The number of hydrogen-bond acceptors (Lipinski definition) is 5. The Labute approximate surface area is 207 Å². The lowest BCUT2D eigenvalue weighted by molar-refractivity contribution is -0.128. The van der Waals surface area contributed by atoms with Crippen LogP contribution >= 0.6 is 23.2 Å². The van der Waals surface area contributed by atoms with Gasteiger partial charge >= 0.3 is 0 Å². The molecule has 0 aliphatic rings. The second kappa shape index (κ2) is 12.6. The molecule has 8 N–H and O–H groups in total. The van der Waals surface area contributed by atoms with Gasteiger partial charge in [0.05, 0.1) is 5.02 Å². The molecule has 34 heavy (non-hydrogen) atoms. The SMILES string of the molecule is NC(=O)[C@H](Cc1ccccc1)NC(=O)[C@H](CCCN=C(N)N)NS(=O)(=O)c1cc(Cl)ccc1Cl. The van der Waals surface area contributed by atoms with Gasteiger partial charge in [0.25, 0.3) is 0 Å². The van der Waals surface area contributed by atoms with Gasteiger partial charge in [0.1, 0.15) is 17.0 Å². The maximum absolute atomic E-state index is 13.0. The Morgan fingerprint density at radius 3 is 2.29 bits per heavy atom. The van der Waals surface area contributed by atoms with E-state index in [1.807, 2.05) is 6.07 Å². The molecule has 0 radical (unpaired) electrons. The molecular weight excluding hydrogens is 503 g/mol. The highest BCUT2D eigenvalue weighted by molar-refractivity contribution is 7.89. The minimum Gasteiger partial charge on any atom is -0.370 e. The van der Waals surface area contributed by atoms with Gasteiger partial charge in [0.15, 0.2) is 5.96 Å². The zero-order valence-electron chi connectivity index (χ0n) is 18.1. The number of rotatable bonds is 12. The average Bonchev–Trinajstić information content (AvgIpc) is 2.77. The first kappa shape index (κ1) is 27.4. The van der Waals surface area contributed by atoms with Crippen LogP contribution in [-0.4, -0.2) is 44.8 Å². The first-order valence-electron chi connectivity index (χ1n) is 10.2. The molecule has 0 bridgehead atoms. The largest absolute Gasteiger partial charge is 0.370 e. The summed E-state index contributed by atoms with van der Waals surface area (Å²) in [4.78, 5) is 28.6. The molecule has 2 rings (SSSR count). The van der Waals surface area contributed by atoms with E-state index in [1.165, 1.54) is 18.2 Å². The molecule has 0 unspecified atom stereocenters. The zero-order chi connectivity index (χ0) is 25.3. The summed E-state index contributed by atoms with van der Waals surface area (Å²) in [5.41, 5.74) is 16.9. The number of amides is 2. The highest BCUT2D eigenvalue weighted by Crippen LogP contribution is 2.25. The highest BCUT2D eigenvalue weighted by Gasteiger charge is 2.29. The fourth-order valence-corrected chi connectivity index (χ4v) is 5.02. The van der Waals surface area contributed by atoms with Crippen molar-refractivity contribution in [3.8, 4) is 0 Å². The van der Waals surface area contributed by atoms with Crippen molar-refractivity contribution in [1.29, 1.82) is 0 Å². The molecule has 0 fully saturated rings. The summed E-state index contributed by atoms with van der Waals surface area (Å²) >= 11 is 12.0. The number of guanidine groups is 1. The van der Waals surface area contributed by atoms with E-state index in [0.29, 0.717) is 0 Å². The number of nitrogens with zero attached hydrogens (tertiary/aromatic N) is 1. The summed E-state index contributed by atoms with van der Waals surface area (Å²) in [6.45, 7) is 0.162. The van der Waals surface area contributed by atoms with Crippen LogP contribution in [0.5, 0.6) is 0 Å². The molecule has 2 amide bonds. The molecule has 10 nitrogen and oxygen atoms in total. The Kier molecular flexibility index (Phi) is 10.1. The number of carbonyl (C=O) groups excluding carboxylic acids is 2. The molecule has 0 aliphatic heterocycles. The highest BCUT2D eigenvalue weighted by atomic mass is 35.5. The van der Waals surface area contributed by atoms with Crippen molar-refractivity contribution < 1.29 is 18.0 Å². The van der Waals surface area contributed by atoms with Gasteiger partial charge in [0.2, 0.25) is 21.8 Å². The van der Waals surface area contributed by atoms with Crippen molar-refractivity contribution in [1.82, 2.24) is 10.0 Å². The Bertz CT molecular complexity index is 1140. The van der Waals surface area contributed by atoms with Gasteiger partial charge in [-0.1, -0.05) is 53.5 Å². The molecule has 0 aliphatic carbocycles. The third-order valence-electron chi connectivity index (χ3n) is 4.68. The summed E-state index contributed by atoms with van der Waals surface area (Å²) in [7, 11) is -4.25. The summed E-state index contributed by atoms with van der Waals surface area (Å²) in [6, 6.07) is 10.5. The van der Waals surface area contributed by atoms with Crippen LogP contribution in [0.2, 0.25) is 10.0 Å². The number of aliphatic imine (C=N–C) groups is 1. The fourth-order valence-electron chi connectivity index (χ4n) is 3.03. The van der Waals surface area contributed by atoms with Crippen molar-refractivity contribution >= 4 is 51.0 Å². The monoisotopic (exact) mass is 528 g/mol.